The van der Waals surface area contributed by atoms with E-state index in [1.807, 2.05) is 13.8 Å². The van der Waals surface area contributed by atoms with Crippen LogP contribution in [0.3, 0.4) is 0 Å². The lowest BCUT2D eigenvalue weighted by atomic mass is 10.0. The summed E-state index contributed by atoms with van der Waals surface area (Å²) in [6, 6.07) is -0.947. The van der Waals surface area contributed by atoms with E-state index in [2.05, 4.69) is 19.9 Å². The Bertz CT molecular complexity index is 799. The molecule has 8 heteroatoms. The molecular formula is C16H19N5O3. The van der Waals surface area contributed by atoms with Gasteiger partial charge in [0.15, 0.2) is 0 Å². The molecule has 0 saturated heterocycles. The van der Waals surface area contributed by atoms with Gasteiger partial charge in [-0.3, -0.25) is 4.79 Å². The molecule has 3 heterocycles. The second-order valence-corrected chi connectivity index (χ2v) is 6.20. The van der Waals surface area contributed by atoms with E-state index < -0.39 is 12.0 Å². The Labute approximate surface area is 139 Å². The van der Waals surface area contributed by atoms with Crippen molar-refractivity contribution < 1.29 is 14.7 Å². The van der Waals surface area contributed by atoms with Crippen molar-refractivity contribution in [3.8, 4) is 0 Å². The molecule has 0 aromatic carbocycles. The number of imidazole rings is 1. The molecule has 0 spiro atoms. The Morgan fingerprint density at radius 2 is 2.12 bits per heavy atom. The van der Waals surface area contributed by atoms with Gasteiger partial charge in [-0.25, -0.2) is 19.7 Å². The smallest absolute Gasteiger partial charge is 0.326 e. The number of aromatic amines is 1. The number of H-pyrrole nitrogens is 1. The minimum Gasteiger partial charge on any atom is -0.480 e. The Morgan fingerprint density at radius 3 is 2.75 bits per heavy atom. The SMILES string of the molecule is Cc1nc(C(C)C)ncc1C(=O)N1Cc2[nH]cnc2CC1C(=O)O. The van der Waals surface area contributed by atoms with Crippen molar-refractivity contribution in [2.45, 2.75) is 45.7 Å². The summed E-state index contributed by atoms with van der Waals surface area (Å²) in [6.07, 6.45) is 3.19. The molecule has 1 unspecified atom stereocenters. The van der Waals surface area contributed by atoms with E-state index in [9.17, 15) is 14.7 Å². The molecule has 1 amide bonds. The molecule has 2 N–H and O–H groups in total. The van der Waals surface area contributed by atoms with Crippen molar-refractivity contribution in [3.05, 3.63) is 41.0 Å². The van der Waals surface area contributed by atoms with E-state index in [0.717, 1.165) is 5.69 Å². The number of rotatable bonds is 3. The van der Waals surface area contributed by atoms with Gasteiger partial charge in [0, 0.05) is 18.5 Å². The van der Waals surface area contributed by atoms with Crippen LogP contribution in [-0.4, -0.2) is 47.9 Å². The van der Waals surface area contributed by atoms with Crippen LogP contribution in [-0.2, 0) is 17.8 Å². The van der Waals surface area contributed by atoms with Crippen molar-refractivity contribution in [3.63, 3.8) is 0 Å². The molecule has 24 heavy (non-hydrogen) atoms. The summed E-state index contributed by atoms with van der Waals surface area (Å²) >= 11 is 0. The lowest BCUT2D eigenvalue weighted by Crippen LogP contribution is -2.49. The number of amides is 1. The molecule has 3 rings (SSSR count). The molecule has 0 aliphatic carbocycles. The fourth-order valence-electron chi connectivity index (χ4n) is 2.80. The summed E-state index contributed by atoms with van der Waals surface area (Å²) in [5, 5.41) is 9.49. The summed E-state index contributed by atoms with van der Waals surface area (Å²) in [7, 11) is 0. The second kappa shape index (κ2) is 6.03. The predicted octanol–water partition coefficient (Wildman–Crippen LogP) is 1.28. The van der Waals surface area contributed by atoms with Crippen LogP contribution in [0.2, 0.25) is 0 Å². The number of fused-ring (bicyclic) bond motifs is 1. The zero-order valence-corrected chi connectivity index (χ0v) is 13.8. The first-order valence-electron chi connectivity index (χ1n) is 7.77. The number of carboxylic acids is 1. The topological polar surface area (TPSA) is 112 Å². The number of carboxylic acid groups (broad SMARTS) is 1. The normalized spacial score (nSPS) is 17.0. The summed E-state index contributed by atoms with van der Waals surface area (Å²) in [5.74, 6) is -0.611. The summed E-state index contributed by atoms with van der Waals surface area (Å²) in [4.78, 5) is 41.5. The number of nitrogens with one attached hydrogen (secondary N) is 1. The first-order chi connectivity index (χ1) is 11.4. The second-order valence-electron chi connectivity index (χ2n) is 6.20. The monoisotopic (exact) mass is 329 g/mol. The standard InChI is InChI=1S/C16H19N5O3/c1-8(2)14-17-5-10(9(3)20-14)15(22)21-6-12-11(18-7-19-12)4-13(21)16(23)24/h5,7-8,13H,4,6H2,1-3H3,(H,18,19)(H,23,24). The van der Waals surface area contributed by atoms with Crippen molar-refractivity contribution >= 4 is 11.9 Å². The van der Waals surface area contributed by atoms with Gasteiger partial charge in [0.1, 0.15) is 11.9 Å². The zero-order chi connectivity index (χ0) is 17.4. The first kappa shape index (κ1) is 16.1. The highest BCUT2D eigenvalue weighted by atomic mass is 16.4. The maximum Gasteiger partial charge on any atom is 0.326 e. The quantitative estimate of drug-likeness (QED) is 0.877. The van der Waals surface area contributed by atoms with Gasteiger partial charge in [-0.05, 0) is 6.92 Å². The molecule has 1 aliphatic heterocycles. The summed E-state index contributed by atoms with van der Waals surface area (Å²) < 4.78 is 0. The van der Waals surface area contributed by atoms with Crippen LogP contribution in [0.1, 0.15) is 53.0 Å². The highest BCUT2D eigenvalue weighted by molar-refractivity contribution is 5.97. The molecule has 0 radical (unpaired) electrons. The third-order valence-corrected chi connectivity index (χ3v) is 4.19. The molecule has 126 valence electrons. The van der Waals surface area contributed by atoms with Crippen LogP contribution < -0.4 is 0 Å². The van der Waals surface area contributed by atoms with E-state index in [-0.39, 0.29) is 24.8 Å². The van der Waals surface area contributed by atoms with E-state index >= 15 is 0 Å². The summed E-state index contributed by atoms with van der Waals surface area (Å²) in [5.41, 5.74) is 2.33. The minimum absolute atomic E-state index is 0.155. The Balaban J connectivity index is 1.95. The van der Waals surface area contributed by atoms with Gasteiger partial charge >= 0.3 is 5.97 Å². The molecule has 8 nitrogen and oxygen atoms in total. The van der Waals surface area contributed by atoms with Crippen LogP contribution in [0.4, 0.5) is 0 Å². The van der Waals surface area contributed by atoms with E-state index in [4.69, 9.17) is 0 Å². The number of aromatic nitrogens is 4. The Morgan fingerprint density at radius 1 is 1.38 bits per heavy atom. The number of aliphatic carboxylic acids is 1. The van der Waals surface area contributed by atoms with Crippen molar-refractivity contribution in [2.75, 3.05) is 0 Å². The zero-order valence-electron chi connectivity index (χ0n) is 13.8. The van der Waals surface area contributed by atoms with Gasteiger partial charge in [-0.2, -0.15) is 0 Å². The van der Waals surface area contributed by atoms with Crippen LogP contribution in [0.5, 0.6) is 0 Å². The molecule has 2 aromatic rings. The van der Waals surface area contributed by atoms with Crippen molar-refractivity contribution in [1.29, 1.82) is 0 Å². The maximum atomic E-state index is 12.9. The van der Waals surface area contributed by atoms with Crippen LogP contribution >= 0.6 is 0 Å². The lowest BCUT2D eigenvalue weighted by molar-refractivity contribution is -0.142. The number of hydrogen-bond donors (Lipinski definition) is 2. The third-order valence-electron chi connectivity index (χ3n) is 4.19. The van der Waals surface area contributed by atoms with Crippen LogP contribution in [0, 0.1) is 6.92 Å². The summed E-state index contributed by atoms with van der Waals surface area (Å²) in [6.45, 7) is 5.86. The van der Waals surface area contributed by atoms with Gasteiger partial charge in [0.05, 0.1) is 35.5 Å². The Kier molecular flexibility index (Phi) is 4.04. The molecule has 2 aromatic heterocycles. The van der Waals surface area contributed by atoms with Gasteiger partial charge in [-0.1, -0.05) is 13.8 Å². The van der Waals surface area contributed by atoms with E-state index in [1.165, 1.54) is 17.4 Å². The average molecular weight is 329 g/mol. The highest BCUT2D eigenvalue weighted by Crippen LogP contribution is 2.24. The highest BCUT2D eigenvalue weighted by Gasteiger charge is 2.37. The van der Waals surface area contributed by atoms with E-state index in [0.29, 0.717) is 22.8 Å². The number of carbonyl (C=O) groups is 2. The van der Waals surface area contributed by atoms with Crippen LogP contribution in [0.15, 0.2) is 12.5 Å². The van der Waals surface area contributed by atoms with Gasteiger partial charge in [-0.15, -0.1) is 0 Å². The van der Waals surface area contributed by atoms with Gasteiger partial charge in [0.2, 0.25) is 0 Å². The number of nitrogens with zero attached hydrogens (tertiary/aromatic N) is 4. The van der Waals surface area contributed by atoms with E-state index in [1.54, 1.807) is 6.92 Å². The van der Waals surface area contributed by atoms with Crippen molar-refractivity contribution in [1.82, 2.24) is 24.8 Å². The first-order valence-corrected chi connectivity index (χ1v) is 7.77. The number of aryl methyl sites for hydroxylation is 1. The molecule has 0 saturated carbocycles. The van der Waals surface area contributed by atoms with Crippen LogP contribution in [0.25, 0.3) is 0 Å². The van der Waals surface area contributed by atoms with Gasteiger partial charge < -0.3 is 15.0 Å². The number of carbonyl (C=O) groups excluding carboxylic acids is 1. The molecule has 1 aliphatic rings. The Hall–Kier alpha value is -2.77. The van der Waals surface area contributed by atoms with Gasteiger partial charge in [0.25, 0.3) is 5.91 Å². The molecule has 1 atom stereocenters. The molecule has 0 fully saturated rings. The fourth-order valence-corrected chi connectivity index (χ4v) is 2.80. The maximum absolute atomic E-state index is 12.9. The molecular weight excluding hydrogens is 310 g/mol. The minimum atomic E-state index is -1.05. The fraction of sp³-hybridized carbons (Fsp3) is 0.438. The number of hydrogen-bond acceptors (Lipinski definition) is 5. The van der Waals surface area contributed by atoms with Crippen molar-refractivity contribution in [2.24, 2.45) is 0 Å². The predicted molar refractivity (Wildman–Crippen MR) is 84.4 cm³/mol. The molecule has 0 bridgehead atoms. The lowest BCUT2D eigenvalue weighted by Gasteiger charge is -2.32. The largest absolute Gasteiger partial charge is 0.480 e. The average Bonchev–Trinajstić information content (AvgIpc) is 3.00. The third kappa shape index (κ3) is 2.75.